The lowest BCUT2D eigenvalue weighted by atomic mass is 10.2. The van der Waals surface area contributed by atoms with Crippen LogP contribution in [0.15, 0.2) is 54.9 Å². The van der Waals surface area contributed by atoms with Gasteiger partial charge in [0, 0.05) is 23.3 Å². The minimum absolute atomic E-state index is 0.0806. The fourth-order valence-electron chi connectivity index (χ4n) is 2.36. The van der Waals surface area contributed by atoms with E-state index in [9.17, 15) is 8.42 Å². The normalized spacial score (nSPS) is 11.6. The van der Waals surface area contributed by atoms with Crippen molar-refractivity contribution in [3.8, 4) is 0 Å². The van der Waals surface area contributed by atoms with Crippen molar-refractivity contribution in [3.63, 3.8) is 0 Å². The molecule has 0 atom stereocenters. The average Bonchev–Trinajstić information content (AvgIpc) is 2.89. The second-order valence-electron chi connectivity index (χ2n) is 5.16. The first-order valence-electron chi connectivity index (χ1n) is 7.09. The molecule has 0 unspecified atom stereocenters. The summed E-state index contributed by atoms with van der Waals surface area (Å²) in [7, 11) is -3.35. The summed E-state index contributed by atoms with van der Waals surface area (Å²) in [6.07, 6.45) is 4.72. The maximum Gasteiger partial charge on any atom is 0.233 e. The summed E-state index contributed by atoms with van der Waals surface area (Å²) < 4.78 is 26.8. The number of nitrogens with zero attached hydrogens (tertiary/aromatic N) is 1. The van der Waals surface area contributed by atoms with Gasteiger partial charge in [-0.3, -0.25) is 9.71 Å². The van der Waals surface area contributed by atoms with Gasteiger partial charge in [0.25, 0.3) is 0 Å². The third kappa shape index (κ3) is 3.65. The first kappa shape index (κ1) is 14.6. The van der Waals surface area contributed by atoms with Crippen molar-refractivity contribution in [2.24, 2.45) is 0 Å². The summed E-state index contributed by atoms with van der Waals surface area (Å²) in [5.41, 5.74) is 1.96. The Hall–Kier alpha value is -2.34. The van der Waals surface area contributed by atoms with Gasteiger partial charge in [-0.2, -0.15) is 0 Å². The number of nitrogens with one attached hydrogen (secondary N) is 2. The molecular weight excluding hydrogens is 298 g/mol. The van der Waals surface area contributed by atoms with Gasteiger partial charge in [-0.05, 0) is 36.6 Å². The number of sulfonamides is 1. The van der Waals surface area contributed by atoms with Crippen LogP contribution in [0.2, 0.25) is 0 Å². The molecule has 0 saturated heterocycles. The summed E-state index contributed by atoms with van der Waals surface area (Å²) >= 11 is 0. The van der Waals surface area contributed by atoms with E-state index in [1.165, 1.54) is 0 Å². The number of aryl methyl sites for hydroxylation is 1. The van der Waals surface area contributed by atoms with E-state index in [1.807, 2.05) is 36.4 Å². The zero-order valence-corrected chi connectivity index (χ0v) is 12.8. The number of para-hydroxylation sites is 1. The molecule has 5 nitrogen and oxygen atoms in total. The highest BCUT2D eigenvalue weighted by atomic mass is 32.2. The highest BCUT2D eigenvalue weighted by Gasteiger charge is 2.12. The molecule has 0 saturated carbocycles. The lowest BCUT2D eigenvalue weighted by Crippen LogP contribution is -2.17. The number of H-pyrrole nitrogens is 1. The molecule has 1 aromatic carbocycles. The Morgan fingerprint density at radius 3 is 2.77 bits per heavy atom. The Labute approximate surface area is 129 Å². The zero-order valence-electron chi connectivity index (χ0n) is 12.0. The van der Waals surface area contributed by atoms with E-state index in [0.29, 0.717) is 18.7 Å². The Balaban J connectivity index is 1.61. The maximum atomic E-state index is 12.1. The molecule has 0 spiro atoms. The Kier molecular flexibility index (Phi) is 4.11. The maximum absolute atomic E-state index is 12.1. The highest BCUT2D eigenvalue weighted by Crippen LogP contribution is 2.19. The number of aromatic amines is 1. The average molecular weight is 315 g/mol. The van der Waals surface area contributed by atoms with Gasteiger partial charge in [0.2, 0.25) is 10.0 Å². The number of benzene rings is 1. The highest BCUT2D eigenvalue weighted by molar-refractivity contribution is 7.92. The van der Waals surface area contributed by atoms with E-state index in [1.54, 1.807) is 18.5 Å². The summed E-state index contributed by atoms with van der Waals surface area (Å²) in [5.74, 6) is 0.583. The van der Waals surface area contributed by atoms with Gasteiger partial charge in [-0.25, -0.2) is 8.42 Å². The molecular formula is C16H17N3O2S. The number of pyridine rings is 1. The summed E-state index contributed by atoms with van der Waals surface area (Å²) in [6, 6.07) is 13.3. The van der Waals surface area contributed by atoms with Crippen molar-refractivity contribution >= 4 is 26.7 Å². The van der Waals surface area contributed by atoms with Crippen molar-refractivity contribution in [3.05, 3.63) is 60.4 Å². The predicted molar refractivity (Wildman–Crippen MR) is 88.3 cm³/mol. The molecule has 2 heterocycles. The quantitative estimate of drug-likeness (QED) is 0.734. The van der Waals surface area contributed by atoms with E-state index in [2.05, 4.69) is 14.7 Å². The van der Waals surface area contributed by atoms with E-state index in [4.69, 9.17) is 0 Å². The van der Waals surface area contributed by atoms with Gasteiger partial charge in [0.15, 0.2) is 0 Å². The molecule has 6 heteroatoms. The van der Waals surface area contributed by atoms with E-state index < -0.39 is 10.0 Å². The van der Waals surface area contributed by atoms with Crippen LogP contribution in [0.1, 0.15) is 12.0 Å². The number of hydrogen-bond acceptors (Lipinski definition) is 3. The number of anilines is 1. The predicted octanol–water partition coefficient (Wildman–Crippen LogP) is 2.94. The monoisotopic (exact) mass is 315 g/mol. The van der Waals surface area contributed by atoms with Gasteiger partial charge in [0.05, 0.1) is 5.75 Å². The van der Waals surface area contributed by atoms with Gasteiger partial charge in [0.1, 0.15) is 5.82 Å². The van der Waals surface area contributed by atoms with Crippen LogP contribution in [0, 0.1) is 0 Å². The molecule has 2 N–H and O–H groups in total. The van der Waals surface area contributed by atoms with Crippen molar-refractivity contribution in [2.45, 2.75) is 12.8 Å². The van der Waals surface area contributed by atoms with Crippen LogP contribution in [0.25, 0.3) is 10.9 Å². The molecule has 0 fully saturated rings. The third-order valence-corrected chi connectivity index (χ3v) is 4.75. The van der Waals surface area contributed by atoms with Crippen LogP contribution < -0.4 is 4.72 Å². The summed E-state index contributed by atoms with van der Waals surface area (Å²) in [4.78, 5) is 7.08. The molecule has 0 aliphatic carbocycles. The van der Waals surface area contributed by atoms with Gasteiger partial charge in [-0.15, -0.1) is 0 Å². The number of aromatic nitrogens is 2. The van der Waals surface area contributed by atoms with Crippen molar-refractivity contribution in [1.82, 2.24) is 9.97 Å². The molecule has 2 aromatic heterocycles. The first-order valence-corrected chi connectivity index (χ1v) is 8.75. The minimum atomic E-state index is -3.35. The number of rotatable bonds is 6. The van der Waals surface area contributed by atoms with Crippen LogP contribution in [-0.2, 0) is 16.4 Å². The Morgan fingerprint density at radius 2 is 2.00 bits per heavy atom. The largest absolute Gasteiger partial charge is 0.341 e. The summed E-state index contributed by atoms with van der Waals surface area (Å²) in [5, 5.41) is 0.982. The zero-order chi connectivity index (χ0) is 15.4. The number of hydrogen-bond donors (Lipinski definition) is 2. The SMILES string of the molecule is O=S(=O)(CCCc1cccnc1)Nc1cc2ccccc2[nH]1. The molecule has 0 amide bonds. The fraction of sp³-hybridized carbons (Fsp3) is 0.188. The van der Waals surface area contributed by atoms with E-state index in [-0.39, 0.29) is 5.75 Å². The Bertz CT molecular complexity index is 824. The topological polar surface area (TPSA) is 74.8 Å². The standard InChI is InChI=1S/C16H17N3O2S/c20-22(21,10-4-6-13-5-3-9-17-12-13)19-16-11-14-7-1-2-8-15(14)18-16/h1-3,5,7-9,11-12,18-19H,4,6,10H2. The Morgan fingerprint density at radius 1 is 1.14 bits per heavy atom. The van der Waals surface area contributed by atoms with Crippen LogP contribution >= 0.6 is 0 Å². The van der Waals surface area contributed by atoms with Crippen LogP contribution in [-0.4, -0.2) is 24.1 Å². The third-order valence-electron chi connectivity index (χ3n) is 3.40. The lowest BCUT2D eigenvalue weighted by molar-refractivity contribution is 0.598. The van der Waals surface area contributed by atoms with Crippen molar-refractivity contribution in [1.29, 1.82) is 0 Å². The van der Waals surface area contributed by atoms with Gasteiger partial charge < -0.3 is 4.98 Å². The molecule has 3 aromatic rings. The summed E-state index contributed by atoms with van der Waals surface area (Å²) in [6.45, 7) is 0. The van der Waals surface area contributed by atoms with E-state index in [0.717, 1.165) is 16.5 Å². The minimum Gasteiger partial charge on any atom is -0.341 e. The molecule has 0 bridgehead atoms. The van der Waals surface area contributed by atoms with Crippen molar-refractivity contribution < 1.29 is 8.42 Å². The smallest absolute Gasteiger partial charge is 0.233 e. The second kappa shape index (κ2) is 6.19. The number of fused-ring (bicyclic) bond motifs is 1. The van der Waals surface area contributed by atoms with Crippen LogP contribution in [0.3, 0.4) is 0 Å². The fourth-order valence-corrected chi connectivity index (χ4v) is 3.43. The van der Waals surface area contributed by atoms with Crippen LogP contribution in [0.5, 0.6) is 0 Å². The lowest BCUT2D eigenvalue weighted by Gasteiger charge is -2.06. The molecule has 22 heavy (non-hydrogen) atoms. The van der Waals surface area contributed by atoms with Crippen molar-refractivity contribution in [2.75, 3.05) is 10.5 Å². The van der Waals surface area contributed by atoms with E-state index >= 15 is 0 Å². The molecule has 0 radical (unpaired) electrons. The molecule has 0 aliphatic rings. The second-order valence-corrected chi connectivity index (χ2v) is 7.00. The molecule has 0 aliphatic heterocycles. The molecule has 3 rings (SSSR count). The first-order chi connectivity index (χ1) is 10.6. The van der Waals surface area contributed by atoms with Gasteiger partial charge in [-0.1, -0.05) is 24.3 Å². The van der Waals surface area contributed by atoms with Crippen LogP contribution in [0.4, 0.5) is 5.82 Å². The molecule has 114 valence electrons. The van der Waals surface area contributed by atoms with Gasteiger partial charge >= 0.3 is 0 Å².